The van der Waals surface area contributed by atoms with E-state index in [1.165, 1.54) is 0 Å². The van der Waals surface area contributed by atoms with E-state index in [1.54, 1.807) is 18.3 Å². The van der Waals surface area contributed by atoms with Crippen LogP contribution in [0.2, 0.25) is 0 Å². The highest BCUT2D eigenvalue weighted by Gasteiger charge is 2.09. The lowest BCUT2D eigenvalue weighted by atomic mass is 10.1. The highest BCUT2D eigenvalue weighted by molar-refractivity contribution is 5.98. The molecule has 0 radical (unpaired) electrons. The first kappa shape index (κ1) is 20.3. The zero-order valence-electron chi connectivity index (χ0n) is 14.6. The molecular weight excluding hydrogens is 366 g/mol. The van der Waals surface area contributed by atoms with E-state index in [-0.39, 0.29) is 31.5 Å². The zero-order valence-corrected chi connectivity index (χ0v) is 15.4. The Morgan fingerprint density at radius 1 is 1.22 bits per heavy atom. The number of nitrogens with zero attached hydrogens (tertiary/aromatic N) is 1. The summed E-state index contributed by atoms with van der Waals surface area (Å²) in [7, 11) is 0. The first-order valence-corrected chi connectivity index (χ1v) is 8.22. The van der Waals surface area contributed by atoms with E-state index in [0.717, 1.165) is 22.8 Å². The van der Waals surface area contributed by atoms with Crippen molar-refractivity contribution >= 4 is 23.9 Å². The minimum atomic E-state index is -0.107. The van der Waals surface area contributed by atoms with Gasteiger partial charge in [0.05, 0.1) is 30.6 Å². The van der Waals surface area contributed by atoms with Crippen LogP contribution in [0.3, 0.4) is 0 Å². The normalized spacial score (nSPS) is 10.1. The van der Waals surface area contributed by atoms with Crippen LogP contribution in [0.4, 0.5) is 5.69 Å². The van der Waals surface area contributed by atoms with Gasteiger partial charge in [0, 0.05) is 11.8 Å². The second-order valence-corrected chi connectivity index (χ2v) is 5.66. The summed E-state index contributed by atoms with van der Waals surface area (Å²) in [5, 5.41) is 19.8. The molecule has 3 rings (SSSR count). The summed E-state index contributed by atoms with van der Waals surface area (Å²) in [5.41, 5.74) is 8.90. The second-order valence-electron chi connectivity index (χ2n) is 5.66. The van der Waals surface area contributed by atoms with E-state index in [2.05, 4.69) is 15.3 Å². The van der Waals surface area contributed by atoms with Gasteiger partial charge in [-0.15, -0.1) is 12.4 Å². The monoisotopic (exact) mass is 387 g/mol. The third-order valence-corrected chi connectivity index (χ3v) is 3.79. The number of ether oxygens (including phenoxy) is 1. The van der Waals surface area contributed by atoms with Crippen molar-refractivity contribution in [2.24, 2.45) is 5.73 Å². The molecule has 8 heteroatoms. The van der Waals surface area contributed by atoms with Gasteiger partial charge in [0.25, 0.3) is 0 Å². The lowest BCUT2D eigenvalue weighted by molar-refractivity contribution is 0.201. The molecule has 6 N–H and O–H groups in total. The number of hydrogen-bond donors (Lipinski definition) is 5. The van der Waals surface area contributed by atoms with E-state index < -0.39 is 0 Å². The Kier molecular flexibility index (Phi) is 7.22. The number of nitrogens with one attached hydrogen (secondary N) is 3. The minimum absolute atomic E-state index is 0. The molecule has 0 aliphatic rings. The molecule has 7 nitrogen and oxygen atoms in total. The van der Waals surface area contributed by atoms with E-state index in [1.807, 2.05) is 36.4 Å². The fraction of sp³-hybridized carbons (Fsp3) is 0.158. The molecule has 0 amide bonds. The van der Waals surface area contributed by atoms with Gasteiger partial charge in [-0.3, -0.25) is 5.41 Å². The molecule has 0 aliphatic heterocycles. The number of aliphatic hydroxyl groups excluding tert-OH is 1. The Morgan fingerprint density at radius 2 is 2.00 bits per heavy atom. The number of amidine groups is 1. The molecule has 142 valence electrons. The van der Waals surface area contributed by atoms with Crippen molar-refractivity contribution in [3.05, 3.63) is 66.1 Å². The van der Waals surface area contributed by atoms with Crippen molar-refractivity contribution in [1.29, 1.82) is 5.41 Å². The van der Waals surface area contributed by atoms with Gasteiger partial charge in [-0.1, -0.05) is 30.3 Å². The van der Waals surface area contributed by atoms with Crippen LogP contribution in [0, 0.1) is 5.41 Å². The van der Waals surface area contributed by atoms with Crippen molar-refractivity contribution in [1.82, 2.24) is 9.97 Å². The summed E-state index contributed by atoms with van der Waals surface area (Å²) in [6.07, 6.45) is 1.81. The van der Waals surface area contributed by atoms with E-state index in [9.17, 15) is 0 Å². The number of nitrogen functional groups attached to an aromatic ring is 1. The SMILES string of the molecule is Cl.N=C(N)c1ccc(NCc2ncc(-c3ccccc3)[nH]2)cc1OCCO. The number of nitrogens with two attached hydrogens (primary N) is 1. The van der Waals surface area contributed by atoms with E-state index >= 15 is 0 Å². The topological polar surface area (TPSA) is 120 Å². The largest absolute Gasteiger partial charge is 0.490 e. The number of aromatic amines is 1. The smallest absolute Gasteiger partial charge is 0.132 e. The molecule has 2 aromatic carbocycles. The van der Waals surface area contributed by atoms with Crippen molar-refractivity contribution in [3.63, 3.8) is 0 Å². The van der Waals surface area contributed by atoms with Crippen LogP contribution in [0.15, 0.2) is 54.7 Å². The third-order valence-electron chi connectivity index (χ3n) is 3.79. The molecule has 0 bridgehead atoms. The first-order chi connectivity index (χ1) is 12.7. The lowest BCUT2D eigenvalue weighted by Crippen LogP contribution is -2.14. The van der Waals surface area contributed by atoms with Crippen LogP contribution in [0.1, 0.15) is 11.4 Å². The summed E-state index contributed by atoms with van der Waals surface area (Å²) in [5.74, 6) is 1.18. The fourth-order valence-corrected chi connectivity index (χ4v) is 2.53. The summed E-state index contributed by atoms with van der Waals surface area (Å²) < 4.78 is 5.47. The molecule has 0 spiro atoms. The Bertz CT molecular complexity index is 883. The molecule has 1 heterocycles. The number of anilines is 1. The van der Waals surface area contributed by atoms with Crippen LogP contribution < -0.4 is 15.8 Å². The summed E-state index contributed by atoms with van der Waals surface area (Å²) in [6.45, 7) is 0.539. The van der Waals surface area contributed by atoms with Gasteiger partial charge in [-0.05, 0) is 17.7 Å². The molecule has 27 heavy (non-hydrogen) atoms. The molecule has 0 fully saturated rings. The number of halogens is 1. The van der Waals surface area contributed by atoms with Crippen molar-refractivity contribution in [2.75, 3.05) is 18.5 Å². The van der Waals surface area contributed by atoms with Gasteiger partial charge in [-0.2, -0.15) is 0 Å². The maximum Gasteiger partial charge on any atom is 0.132 e. The molecule has 0 saturated carbocycles. The Balaban J connectivity index is 0.00000261. The van der Waals surface area contributed by atoms with E-state index in [4.69, 9.17) is 21.0 Å². The predicted octanol–water partition coefficient (Wildman–Crippen LogP) is 2.77. The van der Waals surface area contributed by atoms with Crippen LogP contribution in [0.5, 0.6) is 5.75 Å². The lowest BCUT2D eigenvalue weighted by Gasteiger charge is -2.12. The Labute approximate surface area is 163 Å². The predicted molar refractivity (Wildman–Crippen MR) is 109 cm³/mol. The summed E-state index contributed by atoms with van der Waals surface area (Å²) in [4.78, 5) is 7.68. The van der Waals surface area contributed by atoms with Gasteiger partial charge in [0.2, 0.25) is 0 Å². The average Bonchev–Trinajstić information content (AvgIpc) is 3.14. The Hall–Kier alpha value is -3.03. The van der Waals surface area contributed by atoms with Crippen LogP contribution in [-0.4, -0.2) is 34.1 Å². The van der Waals surface area contributed by atoms with Crippen LogP contribution >= 0.6 is 12.4 Å². The second kappa shape index (κ2) is 9.61. The number of hydrogen-bond acceptors (Lipinski definition) is 5. The average molecular weight is 388 g/mol. The number of imidazole rings is 1. The number of aliphatic hydroxyl groups is 1. The zero-order chi connectivity index (χ0) is 18.4. The number of H-pyrrole nitrogens is 1. The van der Waals surface area contributed by atoms with Crippen molar-refractivity contribution in [2.45, 2.75) is 6.54 Å². The molecule has 0 unspecified atom stereocenters. The maximum absolute atomic E-state index is 8.94. The molecule has 3 aromatic rings. The molecule has 0 atom stereocenters. The number of aromatic nitrogens is 2. The molecule has 0 saturated heterocycles. The highest BCUT2D eigenvalue weighted by atomic mass is 35.5. The highest BCUT2D eigenvalue weighted by Crippen LogP contribution is 2.24. The Morgan fingerprint density at radius 3 is 2.70 bits per heavy atom. The van der Waals surface area contributed by atoms with Gasteiger partial charge < -0.3 is 25.9 Å². The van der Waals surface area contributed by atoms with Gasteiger partial charge >= 0.3 is 0 Å². The van der Waals surface area contributed by atoms with Gasteiger partial charge in [0.15, 0.2) is 0 Å². The molecule has 0 aliphatic carbocycles. The maximum atomic E-state index is 8.94. The quantitative estimate of drug-likeness (QED) is 0.300. The van der Waals surface area contributed by atoms with Crippen LogP contribution in [-0.2, 0) is 6.54 Å². The molecule has 1 aromatic heterocycles. The molecular formula is C19H22ClN5O2. The van der Waals surface area contributed by atoms with Crippen molar-refractivity contribution < 1.29 is 9.84 Å². The van der Waals surface area contributed by atoms with Gasteiger partial charge in [-0.25, -0.2) is 4.98 Å². The fourth-order valence-electron chi connectivity index (χ4n) is 2.53. The standard InChI is InChI=1S/C19H21N5O2.ClH/c20-19(21)15-7-6-14(10-17(15)26-9-8-25)22-12-18-23-11-16(24-18)13-4-2-1-3-5-13;/h1-7,10-11,22,25H,8-9,12H2,(H3,20,21)(H,23,24);1H. The first-order valence-electron chi connectivity index (χ1n) is 8.22. The van der Waals surface area contributed by atoms with Crippen molar-refractivity contribution in [3.8, 4) is 17.0 Å². The number of rotatable bonds is 8. The summed E-state index contributed by atoms with van der Waals surface area (Å²) >= 11 is 0. The van der Waals surface area contributed by atoms with E-state index in [0.29, 0.717) is 17.9 Å². The third kappa shape index (κ3) is 5.22. The summed E-state index contributed by atoms with van der Waals surface area (Å²) in [6, 6.07) is 15.3. The minimum Gasteiger partial charge on any atom is -0.490 e. The number of benzene rings is 2. The van der Waals surface area contributed by atoms with Crippen LogP contribution in [0.25, 0.3) is 11.3 Å². The van der Waals surface area contributed by atoms with Gasteiger partial charge in [0.1, 0.15) is 24.0 Å².